The fourth-order valence-electron chi connectivity index (χ4n) is 1.73. The van der Waals surface area contributed by atoms with E-state index < -0.39 is 0 Å². The topological polar surface area (TPSA) is 32.1 Å². The zero-order valence-corrected chi connectivity index (χ0v) is 9.33. The van der Waals surface area contributed by atoms with Crippen molar-refractivity contribution in [2.45, 2.75) is 25.8 Å². The lowest BCUT2D eigenvalue weighted by atomic mass is 10.0. The van der Waals surface area contributed by atoms with Crippen molar-refractivity contribution >= 4 is 12.1 Å². The van der Waals surface area contributed by atoms with Gasteiger partial charge in [-0.15, -0.1) is 10.1 Å². The van der Waals surface area contributed by atoms with Gasteiger partial charge in [0.15, 0.2) is 5.54 Å². The molecule has 0 saturated carbocycles. The molecule has 1 aromatic carbocycles. The number of nitrogens with one attached hydrogen (secondary N) is 1. The molecule has 1 amide bonds. The first-order valence-corrected chi connectivity index (χ1v) is 5.17. The van der Waals surface area contributed by atoms with E-state index in [0.29, 0.717) is 12.0 Å². The van der Waals surface area contributed by atoms with Crippen LogP contribution in [0.2, 0.25) is 0 Å². The van der Waals surface area contributed by atoms with Crippen molar-refractivity contribution in [1.82, 2.24) is 5.43 Å². The first-order chi connectivity index (χ1) is 7.49. The van der Waals surface area contributed by atoms with Crippen LogP contribution in [-0.2, 0) is 4.79 Å². The second kappa shape index (κ2) is 3.70. The van der Waals surface area contributed by atoms with Crippen LogP contribution in [0.25, 0.3) is 0 Å². The number of hydrazine groups is 1. The van der Waals surface area contributed by atoms with E-state index in [-0.39, 0.29) is 17.3 Å². The molecule has 16 heavy (non-hydrogen) atoms. The van der Waals surface area contributed by atoms with Gasteiger partial charge in [0, 0.05) is 13.8 Å². The smallest absolute Gasteiger partial charge is 0.269 e. The van der Waals surface area contributed by atoms with Crippen molar-refractivity contribution in [1.29, 1.82) is 0 Å². The Labute approximate surface area is 93.6 Å². The largest absolute Gasteiger partial charge is 0.281 e. The lowest BCUT2D eigenvalue weighted by Crippen LogP contribution is -2.36. The maximum atomic E-state index is 13.4. The molecule has 1 fully saturated rings. The molecule has 1 N–H and O–H groups in total. The maximum Gasteiger partial charge on any atom is 0.281 e. The van der Waals surface area contributed by atoms with Crippen molar-refractivity contribution in [2.75, 3.05) is 0 Å². The summed E-state index contributed by atoms with van der Waals surface area (Å²) in [6, 6.07) is 6.48. The van der Waals surface area contributed by atoms with Crippen LogP contribution < -0.4 is 5.43 Å². The monoisotopic (exact) mass is 221 g/mol. The lowest BCUT2D eigenvalue weighted by Gasteiger charge is -2.09. The molecular weight excluding hydrogens is 207 g/mol. The maximum absolute atomic E-state index is 13.4. The number of hydrazone groups is 1. The van der Waals surface area contributed by atoms with E-state index in [4.69, 9.17) is 0 Å². The Morgan fingerprint density at radius 3 is 2.69 bits per heavy atom. The van der Waals surface area contributed by atoms with E-state index >= 15 is 0 Å². The molecule has 0 aliphatic carbocycles. The Morgan fingerprint density at radius 1 is 1.44 bits per heavy atom. The lowest BCUT2D eigenvalue weighted by molar-refractivity contribution is -0.620. The molecule has 4 heteroatoms. The Hall–Kier alpha value is -1.71. The average Bonchev–Trinajstić information content (AvgIpc) is 2.43. The summed E-state index contributed by atoms with van der Waals surface area (Å²) in [4.78, 5) is 11.3. The van der Waals surface area contributed by atoms with Gasteiger partial charge in [-0.25, -0.2) is 4.39 Å². The van der Waals surface area contributed by atoms with Crippen LogP contribution in [0.5, 0.6) is 0 Å². The molecule has 2 rings (SSSR count). The molecular formula is C12H14FN2O+. The molecule has 84 valence electrons. The summed E-state index contributed by atoms with van der Waals surface area (Å²) in [6.07, 6.45) is 2.04. The Balaban J connectivity index is 2.39. The van der Waals surface area contributed by atoms with E-state index in [0.717, 1.165) is 0 Å². The van der Waals surface area contributed by atoms with Crippen molar-refractivity contribution < 1.29 is 13.9 Å². The molecule has 0 aromatic heterocycles. The van der Waals surface area contributed by atoms with Gasteiger partial charge in [-0.3, -0.25) is 4.79 Å². The van der Waals surface area contributed by atoms with Crippen molar-refractivity contribution in [3.05, 3.63) is 35.6 Å². The predicted octanol–water partition coefficient (Wildman–Crippen LogP) is 1.47. The summed E-state index contributed by atoms with van der Waals surface area (Å²) < 4.78 is 15.1. The molecule has 3 nitrogen and oxygen atoms in total. The minimum Gasteiger partial charge on any atom is -0.269 e. The number of hydrogen-bond donors (Lipinski definition) is 1. The van der Waals surface area contributed by atoms with Crippen LogP contribution in [0, 0.1) is 5.82 Å². The summed E-state index contributed by atoms with van der Waals surface area (Å²) >= 11 is 0. The molecule has 1 heterocycles. The molecule has 0 radical (unpaired) electrons. The molecule has 0 spiro atoms. The van der Waals surface area contributed by atoms with Gasteiger partial charge in [-0.2, -0.15) is 0 Å². The highest BCUT2D eigenvalue weighted by atomic mass is 19.1. The Bertz CT molecular complexity index is 466. The third-order valence-corrected chi connectivity index (χ3v) is 2.66. The SMILES string of the molecule is CC1(C)CC(=O)N/[N+]1=C\c1ccccc1F. The molecule has 1 aromatic rings. The van der Waals surface area contributed by atoms with Crippen LogP contribution in [0.3, 0.4) is 0 Å². The van der Waals surface area contributed by atoms with Gasteiger partial charge >= 0.3 is 0 Å². The normalized spacial score (nSPS) is 21.2. The van der Waals surface area contributed by atoms with E-state index in [9.17, 15) is 9.18 Å². The van der Waals surface area contributed by atoms with Gasteiger partial charge in [0.25, 0.3) is 5.91 Å². The average molecular weight is 221 g/mol. The standard InChI is InChI=1S/C12H13FN2O/c1-12(2)7-11(16)14-15(12)8-9-5-3-4-6-10(9)13/h3-6,8H,7H2,1-2H3/p+1/b15-8-. The molecule has 0 bridgehead atoms. The highest BCUT2D eigenvalue weighted by Gasteiger charge is 2.42. The van der Waals surface area contributed by atoms with E-state index in [1.165, 1.54) is 6.07 Å². The summed E-state index contributed by atoms with van der Waals surface area (Å²) in [5.41, 5.74) is 2.84. The third kappa shape index (κ3) is 1.96. The van der Waals surface area contributed by atoms with Gasteiger partial charge in [-0.1, -0.05) is 12.1 Å². The molecule has 1 saturated heterocycles. The van der Waals surface area contributed by atoms with Crippen LogP contribution >= 0.6 is 0 Å². The number of carbonyl (C=O) groups is 1. The van der Waals surface area contributed by atoms with E-state index in [2.05, 4.69) is 5.43 Å². The zero-order valence-electron chi connectivity index (χ0n) is 9.33. The highest BCUT2D eigenvalue weighted by Crippen LogP contribution is 2.18. The molecule has 0 atom stereocenters. The van der Waals surface area contributed by atoms with Gasteiger partial charge in [0.05, 0.1) is 12.0 Å². The summed E-state index contributed by atoms with van der Waals surface area (Å²) in [5.74, 6) is -0.336. The number of rotatable bonds is 1. The number of nitrogens with zero attached hydrogens (tertiary/aromatic N) is 1. The van der Waals surface area contributed by atoms with Crippen LogP contribution in [0.4, 0.5) is 4.39 Å². The van der Waals surface area contributed by atoms with Crippen LogP contribution in [0.1, 0.15) is 25.8 Å². The van der Waals surface area contributed by atoms with Gasteiger partial charge in [0.2, 0.25) is 6.21 Å². The Kier molecular flexibility index (Phi) is 2.50. The van der Waals surface area contributed by atoms with Crippen LogP contribution in [0.15, 0.2) is 24.3 Å². The highest BCUT2D eigenvalue weighted by molar-refractivity contribution is 5.81. The van der Waals surface area contributed by atoms with E-state index in [1.807, 2.05) is 13.8 Å². The summed E-state index contributed by atoms with van der Waals surface area (Å²) in [5, 5.41) is 0. The number of hydrogen-bond acceptors (Lipinski definition) is 1. The second-order valence-electron chi connectivity index (χ2n) is 4.54. The van der Waals surface area contributed by atoms with Crippen molar-refractivity contribution in [3.8, 4) is 0 Å². The summed E-state index contributed by atoms with van der Waals surface area (Å²) in [6.45, 7) is 3.87. The first kappa shape index (κ1) is 10.8. The number of halogens is 1. The molecule has 0 unspecified atom stereocenters. The molecule has 1 aliphatic rings. The van der Waals surface area contributed by atoms with Crippen LogP contribution in [-0.4, -0.2) is 22.3 Å². The van der Waals surface area contributed by atoms with E-state index in [1.54, 1.807) is 29.1 Å². The molecule has 1 aliphatic heterocycles. The van der Waals surface area contributed by atoms with Gasteiger partial charge in [0.1, 0.15) is 5.82 Å². The third-order valence-electron chi connectivity index (χ3n) is 2.66. The second-order valence-corrected chi connectivity index (χ2v) is 4.54. The summed E-state index contributed by atoms with van der Waals surface area (Å²) in [7, 11) is 0. The minimum atomic E-state index is -0.320. The number of amides is 1. The fraction of sp³-hybridized carbons (Fsp3) is 0.333. The predicted molar refractivity (Wildman–Crippen MR) is 58.7 cm³/mol. The number of carbonyl (C=O) groups excluding carboxylic acids is 1. The van der Waals surface area contributed by atoms with Crippen molar-refractivity contribution in [3.63, 3.8) is 0 Å². The minimum absolute atomic E-state index is 0.0439. The fourth-order valence-corrected chi connectivity index (χ4v) is 1.73. The first-order valence-electron chi connectivity index (χ1n) is 5.17. The van der Waals surface area contributed by atoms with Crippen molar-refractivity contribution in [2.24, 2.45) is 0 Å². The Morgan fingerprint density at radius 2 is 2.12 bits per heavy atom. The van der Waals surface area contributed by atoms with Gasteiger partial charge in [-0.05, 0) is 12.1 Å². The quantitative estimate of drug-likeness (QED) is 0.715. The number of benzene rings is 1. The zero-order chi connectivity index (χ0) is 11.8. The van der Waals surface area contributed by atoms with Gasteiger partial charge < -0.3 is 0 Å².